The van der Waals surface area contributed by atoms with E-state index in [1.807, 2.05) is 0 Å². The number of hydrogen-bond donors (Lipinski definition) is 2. The molecule has 1 heterocycles. The number of hydrogen-bond acceptors (Lipinski definition) is 3. The standard InChI is InChI=1S/C7H8N2O3/c1-2-9-4-5(3-8-9)6(10)7(11)12/h2-4,6,10H,1H2,(H,11,12). The second-order valence-electron chi connectivity index (χ2n) is 2.18. The third-order valence-corrected chi connectivity index (χ3v) is 1.36. The summed E-state index contributed by atoms with van der Waals surface area (Å²) >= 11 is 0. The van der Waals surface area contributed by atoms with Gasteiger partial charge in [0.2, 0.25) is 0 Å². The Hall–Kier alpha value is -1.62. The molecule has 0 aliphatic rings. The fourth-order valence-corrected chi connectivity index (χ4v) is 0.736. The number of nitrogens with zero attached hydrogens (tertiary/aromatic N) is 2. The molecule has 5 nitrogen and oxygen atoms in total. The van der Waals surface area contributed by atoms with Crippen molar-refractivity contribution in [3.8, 4) is 0 Å². The van der Waals surface area contributed by atoms with Gasteiger partial charge >= 0.3 is 5.97 Å². The predicted octanol–water partition coefficient (Wildman–Crippen LogP) is 0.102. The number of carbonyl (C=O) groups is 1. The molecule has 0 saturated carbocycles. The molecule has 1 aromatic heterocycles. The van der Waals surface area contributed by atoms with E-state index in [9.17, 15) is 4.79 Å². The van der Waals surface area contributed by atoms with Gasteiger partial charge in [0.25, 0.3) is 0 Å². The van der Waals surface area contributed by atoms with Crippen molar-refractivity contribution < 1.29 is 15.0 Å². The van der Waals surface area contributed by atoms with Crippen molar-refractivity contribution in [3.05, 3.63) is 24.5 Å². The molecule has 12 heavy (non-hydrogen) atoms. The summed E-state index contributed by atoms with van der Waals surface area (Å²) in [6.07, 6.45) is 2.56. The van der Waals surface area contributed by atoms with Crippen LogP contribution >= 0.6 is 0 Å². The van der Waals surface area contributed by atoms with Crippen LogP contribution in [0.2, 0.25) is 0 Å². The molecule has 64 valence electrons. The zero-order valence-corrected chi connectivity index (χ0v) is 6.21. The summed E-state index contributed by atoms with van der Waals surface area (Å²) in [4.78, 5) is 10.3. The highest BCUT2D eigenvalue weighted by molar-refractivity contribution is 5.73. The molecule has 0 saturated heterocycles. The quantitative estimate of drug-likeness (QED) is 0.671. The van der Waals surface area contributed by atoms with Crippen molar-refractivity contribution in [1.82, 2.24) is 9.78 Å². The molecule has 1 unspecified atom stereocenters. The topological polar surface area (TPSA) is 75.4 Å². The first-order chi connectivity index (χ1) is 5.65. The SMILES string of the molecule is C=Cn1cc(C(O)C(=O)O)cn1. The van der Waals surface area contributed by atoms with Crippen molar-refractivity contribution in [2.75, 3.05) is 0 Å². The van der Waals surface area contributed by atoms with Crippen LogP contribution in [0, 0.1) is 0 Å². The van der Waals surface area contributed by atoms with Crippen molar-refractivity contribution in [2.24, 2.45) is 0 Å². The lowest BCUT2D eigenvalue weighted by atomic mass is 10.2. The zero-order chi connectivity index (χ0) is 9.14. The van der Waals surface area contributed by atoms with E-state index in [0.29, 0.717) is 0 Å². The summed E-state index contributed by atoms with van der Waals surface area (Å²) in [7, 11) is 0. The van der Waals surface area contributed by atoms with Gasteiger partial charge in [-0.2, -0.15) is 5.10 Å². The van der Waals surface area contributed by atoms with Gasteiger partial charge in [0.15, 0.2) is 6.10 Å². The Bertz CT molecular complexity index is 305. The molecule has 0 aliphatic carbocycles. The van der Waals surface area contributed by atoms with Gasteiger partial charge < -0.3 is 10.2 Å². The maximum absolute atomic E-state index is 10.3. The van der Waals surface area contributed by atoms with E-state index in [1.165, 1.54) is 23.3 Å². The lowest BCUT2D eigenvalue weighted by molar-refractivity contribution is -0.146. The molecule has 0 fully saturated rings. The molecule has 1 aromatic rings. The van der Waals surface area contributed by atoms with Crippen LogP contribution in [0.5, 0.6) is 0 Å². The molecule has 0 amide bonds. The minimum Gasteiger partial charge on any atom is -0.479 e. The molecule has 0 radical (unpaired) electrons. The maximum atomic E-state index is 10.3. The van der Waals surface area contributed by atoms with Gasteiger partial charge in [-0.3, -0.25) is 0 Å². The van der Waals surface area contributed by atoms with Crippen molar-refractivity contribution in [3.63, 3.8) is 0 Å². The van der Waals surface area contributed by atoms with Crippen molar-refractivity contribution in [2.45, 2.75) is 6.10 Å². The number of aromatic nitrogens is 2. The van der Waals surface area contributed by atoms with Gasteiger partial charge in [0.05, 0.1) is 6.20 Å². The number of aliphatic carboxylic acids is 1. The largest absolute Gasteiger partial charge is 0.479 e. The highest BCUT2D eigenvalue weighted by atomic mass is 16.4. The Kier molecular flexibility index (Phi) is 2.25. The van der Waals surface area contributed by atoms with E-state index in [4.69, 9.17) is 10.2 Å². The number of aliphatic hydroxyl groups excluding tert-OH is 1. The minimum absolute atomic E-state index is 0.238. The van der Waals surface area contributed by atoms with Crippen LogP contribution in [-0.4, -0.2) is 26.0 Å². The summed E-state index contributed by atoms with van der Waals surface area (Å²) < 4.78 is 1.32. The molecular formula is C7H8N2O3. The number of rotatable bonds is 3. The van der Waals surface area contributed by atoms with E-state index in [2.05, 4.69) is 11.7 Å². The van der Waals surface area contributed by atoms with E-state index >= 15 is 0 Å². The van der Waals surface area contributed by atoms with Crippen LogP contribution in [0.3, 0.4) is 0 Å². The average Bonchev–Trinajstić information content (AvgIpc) is 2.50. The summed E-state index contributed by atoms with van der Waals surface area (Å²) in [5, 5.41) is 21.1. The molecular weight excluding hydrogens is 160 g/mol. The van der Waals surface area contributed by atoms with Gasteiger partial charge in [-0.15, -0.1) is 0 Å². The zero-order valence-electron chi connectivity index (χ0n) is 6.21. The first kappa shape index (κ1) is 8.48. The first-order valence-corrected chi connectivity index (χ1v) is 3.22. The van der Waals surface area contributed by atoms with Gasteiger partial charge in [-0.05, 0) is 0 Å². The number of carboxylic acids is 1. The van der Waals surface area contributed by atoms with Crippen molar-refractivity contribution >= 4 is 12.2 Å². The lowest BCUT2D eigenvalue weighted by Gasteiger charge is -1.98. The Morgan fingerprint density at radius 1 is 1.83 bits per heavy atom. The van der Waals surface area contributed by atoms with E-state index in [0.717, 1.165) is 0 Å². The first-order valence-electron chi connectivity index (χ1n) is 3.22. The van der Waals surface area contributed by atoms with Crippen LogP contribution in [0.4, 0.5) is 0 Å². The van der Waals surface area contributed by atoms with Crippen LogP contribution in [0.25, 0.3) is 6.20 Å². The predicted molar refractivity (Wildman–Crippen MR) is 41.2 cm³/mol. The Morgan fingerprint density at radius 2 is 2.50 bits per heavy atom. The third kappa shape index (κ3) is 1.51. The lowest BCUT2D eigenvalue weighted by Crippen LogP contribution is -2.09. The summed E-state index contributed by atoms with van der Waals surface area (Å²) in [6.45, 7) is 3.42. The number of carboxylic acid groups (broad SMARTS) is 1. The van der Waals surface area contributed by atoms with Gasteiger partial charge in [0.1, 0.15) is 0 Å². The summed E-state index contributed by atoms with van der Waals surface area (Å²) in [6, 6.07) is 0. The Morgan fingerprint density at radius 3 is 2.92 bits per heavy atom. The van der Waals surface area contributed by atoms with E-state index in [-0.39, 0.29) is 5.56 Å². The highest BCUT2D eigenvalue weighted by Crippen LogP contribution is 2.10. The van der Waals surface area contributed by atoms with Crippen LogP contribution in [-0.2, 0) is 4.79 Å². The third-order valence-electron chi connectivity index (χ3n) is 1.36. The van der Waals surface area contributed by atoms with Gasteiger partial charge in [-0.25, -0.2) is 9.48 Å². The molecule has 0 aromatic carbocycles. The summed E-state index contributed by atoms with van der Waals surface area (Å²) in [5.41, 5.74) is 0.238. The molecule has 1 rings (SSSR count). The van der Waals surface area contributed by atoms with Crippen molar-refractivity contribution in [1.29, 1.82) is 0 Å². The second-order valence-corrected chi connectivity index (χ2v) is 2.18. The fourth-order valence-electron chi connectivity index (χ4n) is 0.736. The highest BCUT2D eigenvalue weighted by Gasteiger charge is 2.16. The average molecular weight is 168 g/mol. The molecule has 1 atom stereocenters. The summed E-state index contributed by atoms with van der Waals surface area (Å²) in [5.74, 6) is -1.29. The molecule has 0 spiro atoms. The molecule has 5 heteroatoms. The number of aliphatic hydroxyl groups is 1. The maximum Gasteiger partial charge on any atom is 0.337 e. The van der Waals surface area contributed by atoms with Crippen LogP contribution in [0.15, 0.2) is 19.0 Å². The van der Waals surface area contributed by atoms with E-state index < -0.39 is 12.1 Å². The van der Waals surface area contributed by atoms with Gasteiger partial charge in [0, 0.05) is 18.0 Å². The normalized spacial score (nSPS) is 12.4. The Balaban J connectivity index is 2.88. The molecule has 2 N–H and O–H groups in total. The van der Waals surface area contributed by atoms with Crippen LogP contribution < -0.4 is 0 Å². The molecule has 0 bridgehead atoms. The van der Waals surface area contributed by atoms with Gasteiger partial charge in [-0.1, -0.05) is 6.58 Å². The molecule has 0 aliphatic heterocycles. The smallest absolute Gasteiger partial charge is 0.337 e. The van der Waals surface area contributed by atoms with Crippen LogP contribution in [0.1, 0.15) is 11.7 Å². The minimum atomic E-state index is -1.52. The van der Waals surface area contributed by atoms with E-state index in [1.54, 1.807) is 0 Å². The monoisotopic (exact) mass is 168 g/mol. The Labute approximate surface area is 68.6 Å². The fraction of sp³-hybridized carbons (Fsp3) is 0.143. The second kappa shape index (κ2) is 3.19.